The van der Waals surface area contributed by atoms with E-state index in [4.69, 9.17) is 56.8 Å². The molecule has 51 nitrogen and oxygen atoms in total. The Hall–Kier alpha value is -5.64. The highest BCUT2D eigenvalue weighted by atomic mass is 16.7. The molecule has 0 aromatic heterocycles. The summed E-state index contributed by atoms with van der Waals surface area (Å²) in [6.07, 6.45) is -38.4. The fourth-order valence-corrected chi connectivity index (χ4v) is 14.1. The number of aliphatic hydroxyl groups is 21. The van der Waals surface area contributed by atoms with E-state index in [9.17, 15) is 146 Å². The predicted octanol–water partition coefficient (Wildman–Crippen LogP) is -15.6. The first-order valence-corrected chi connectivity index (χ1v) is 43.1. The van der Waals surface area contributed by atoms with E-state index in [0.717, 1.165) is 0 Å². The lowest BCUT2D eigenvalue weighted by Gasteiger charge is -2.40. The Kier molecular flexibility index (Phi) is 52.2. The average Bonchev–Trinajstić information content (AvgIpc) is 0.794. The van der Waals surface area contributed by atoms with Crippen molar-refractivity contribution in [1.82, 2.24) is 52.3 Å². The molecule has 1 unspecified atom stereocenters. The van der Waals surface area contributed by atoms with Gasteiger partial charge in [0.25, 0.3) is 0 Å². The molecule has 6 rings (SSSR count). The van der Waals surface area contributed by atoms with Gasteiger partial charge < -0.3 is 207 Å². The third kappa shape index (κ3) is 37.3. The van der Waals surface area contributed by atoms with E-state index in [1.165, 1.54) is 16.7 Å². The summed E-state index contributed by atoms with van der Waals surface area (Å²) in [5.74, 6) is -4.51. The van der Waals surface area contributed by atoms with Gasteiger partial charge in [0.05, 0.1) is 136 Å². The van der Waals surface area contributed by atoms with Crippen LogP contribution in [0.2, 0.25) is 0 Å². The largest absolute Gasteiger partial charge is 0.394 e. The van der Waals surface area contributed by atoms with Gasteiger partial charge in [0.2, 0.25) is 47.3 Å². The van der Waals surface area contributed by atoms with E-state index in [-0.39, 0.29) is 77.3 Å². The molecule has 744 valence electrons. The van der Waals surface area contributed by atoms with Crippen molar-refractivity contribution in [3.05, 3.63) is 0 Å². The summed E-state index contributed by atoms with van der Waals surface area (Å²) in [6, 6.07) is -2.08. The highest BCUT2D eigenvalue weighted by Crippen LogP contribution is 2.30. The molecule has 0 saturated carbocycles. The van der Waals surface area contributed by atoms with Gasteiger partial charge in [0.1, 0.15) is 122 Å². The highest BCUT2D eigenvalue weighted by molar-refractivity contribution is 5.85. The van der Waals surface area contributed by atoms with Crippen molar-refractivity contribution < 1.29 is 202 Å². The molecule has 8 amide bonds. The molecule has 0 radical (unpaired) electrons. The Balaban J connectivity index is 0.000000454. The number of aliphatic hydroxyl groups excluding tert-OH is 21. The van der Waals surface area contributed by atoms with Gasteiger partial charge in [-0.2, -0.15) is 0 Å². The molecule has 6 heterocycles. The minimum atomic E-state index is -1.79. The van der Waals surface area contributed by atoms with Crippen LogP contribution in [0.15, 0.2) is 0 Å². The zero-order chi connectivity index (χ0) is 95.0. The van der Waals surface area contributed by atoms with Gasteiger partial charge in [-0.3, -0.25) is 48.2 Å². The summed E-state index contributed by atoms with van der Waals surface area (Å²) >= 11 is 0. The van der Waals surface area contributed by atoms with Crippen LogP contribution in [0, 0.1) is 5.92 Å². The van der Waals surface area contributed by atoms with Crippen molar-refractivity contribution in [3.8, 4) is 0 Å². The SMILES string of the molecule is CCNC(=O)CCCCCNC(=O)CN(CC(=O)NCCO[C@@H]1O[C@@H](C)[C@@H](O)[C@@H](O)[C@@H]1C)CC(=O)NC(CCO[C@H]1O[C@H](CO)[C@@H](O)[C@H](O)[C@@H]1O)CO[C@H]1O[C@H](CO)[C@@H](O)[C@H](O)[C@@H]1O.CCNC(=O)CCCCCNC(=O)CN(CC(=O)NCCO[C@@H]1O[C@@H](C)[C@@H](O)[C@@H](O)[C@@H]1O)CC(=O)N[C@H](CCO[C@H]1O[C@H](CO)[C@@H](O)[C@H](O)[C@@H]1O)CO[C@H]1O[C@H](CO)[C@@H](O)[C@H](O)[C@@H]1O. The zero-order valence-electron chi connectivity index (χ0n) is 72.6. The van der Waals surface area contributed by atoms with Gasteiger partial charge >= 0.3 is 0 Å². The topological polar surface area (TPSA) is 775 Å². The van der Waals surface area contributed by atoms with Crippen LogP contribution in [0.4, 0.5) is 0 Å². The number of amides is 8. The van der Waals surface area contributed by atoms with Crippen LogP contribution in [0.3, 0.4) is 0 Å². The number of hydrogen-bond acceptors (Lipinski definition) is 43. The average molecular weight is 1860 g/mol. The Morgan fingerprint density at radius 2 is 0.562 bits per heavy atom. The number of carbonyl (C=O) groups excluding carboxylic acids is 8. The van der Waals surface area contributed by atoms with E-state index >= 15 is 0 Å². The van der Waals surface area contributed by atoms with Gasteiger partial charge in [-0.25, -0.2) is 0 Å². The van der Waals surface area contributed by atoms with Crippen molar-refractivity contribution in [1.29, 1.82) is 0 Å². The van der Waals surface area contributed by atoms with Crippen molar-refractivity contribution in [3.63, 3.8) is 0 Å². The Morgan fingerprint density at radius 3 is 0.891 bits per heavy atom. The summed E-state index contributed by atoms with van der Waals surface area (Å²) in [4.78, 5) is 105. The lowest BCUT2D eigenvalue weighted by atomic mass is 9.93. The molecule has 0 aliphatic carbocycles. The first-order valence-electron chi connectivity index (χ1n) is 43.1. The molecule has 6 saturated heterocycles. The molecule has 32 atom stereocenters. The van der Waals surface area contributed by atoms with Gasteiger partial charge in [-0.05, 0) is 66.2 Å². The van der Waals surface area contributed by atoms with E-state index in [0.29, 0.717) is 64.5 Å². The Bertz CT molecular complexity index is 3010. The number of carbonyl (C=O) groups is 8. The van der Waals surface area contributed by atoms with Crippen LogP contribution in [-0.4, -0.2) is 499 Å². The van der Waals surface area contributed by atoms with Crippen LogP contribution in [0.25, 0.3) is 0 Å². The molecule has 128 heavy (non-hydrogen) atoms. The molecular formula is C77H140N10O41. The monoisotopic (exact) mass is 1860 g/mol. The van der Waals surface area contributed by atoms with Crippen molar-refractivity contribution in [2.24, 2.45) is 5.92 Å². The summed E-state index contributed by atoms with van der Waals surface area (Å²) in [7, 11) is 0. The maximum atomic E-state index is 13.6. The molecular weight excluding hydrogens is 1720 g/mol. The van der Waals surface area contributed by atoms with Crippen LogP contribution in [0.5, 0.6) is 0 Å². The number of nitrogens with one attached hydrogen (secondary N) is 8. The van der Waals surface area contributed by atoms with Crippen molar-refractivity contribution >= 4 is 47.3 Å². The smallest absolute Gasteiger partial charge is 0.234 e. The molecule has 0 spiro atoms. The fraction of sp³-hybridized carbons (Fsp3) is 0.896. The highest BCUT2D eigenvalue weighted by Gasteiger charge is 2.50. The quantitative estimate of drug-likeness (QED) is 0.0251. The van der Waals surface area contributed by atoms with E-state index in [2.05, 4.69) is 42.5 Å². The normalized spacial score (nSPS) is 33.6. The lowest BCUT2D eigenvalue weighted by molar-refractivity contribution is -0.304. The number of hydrogen-bond donors (Lipinski definition) is 29. The standard InChI is InChI=1S/C39H71N5O20.C38H69N5O21/c1-4-40-25(47)8-6-5-7-10-41-26(48)14-44(15-27(49)42-11-13-60-37-20(2)29(51)30(52)21(3)62-37)16-28(50)43-22(19-61-39-36(58)34(56)32(54)24(18-46)64-39)9-12-59-38-35(57)33(55)31(53)23(17-45)63-38;1-3-39-23(46)7-5-4-6-9-40-24(47)13-43(14-25(48)41-10-12-60-36-33(56)30(53)27(50)19(2)62-36)15-26(49)42-20(18-61-38-35(58)32(55)29(52)22(17-45)64-38)8-11-59-37-34(57)31(54)28(51)21(16-44)63-37/h20-24,29-39,45-46,51-58H,4-19H2,1-3H3,(H,40,47)(H,41,48)(H,42,49)(H,43,50);19-22,27-38,44-45,50-58H,3-18H2,1-2H3,(H,39,46)(H,40,47)(H,41,48)(H,42,49)/t20-,21-,22?,23+,24+,29-,30+,31+,32+,33-,34-,35-,36-,37+,38-,39-;19-,20+,21+,22+,27+,28+,29+,30+,31-,32-,33-,34-,35-,36+,37-,38-/m00/s1. The van der Waals surface area contributed by atoms with Gasteiger partial charge in [-0.15, -0.1) is 0 Å². The third-order valence-electron chi connectivity index (χ3n) is 21.7. The first-order chi connectivity index (χ1) is 60.8. The van der Waals surface area contributed by atoms with Gasteiger partial charge in [-0.1, -0.05) is 19.8 Å². The molecule has 51 heteroatoms. The van der Waals surface area contributed by atoms with Crippen molar-refractivity contribution in [2.75, 3.05) is 145 Å². The lowest BCUT2D eigenvalue weighted by Crippen LogP contribution is -2.60. The molecule has 6 aliphatic rings. The summed E-state index contributed by atoms with van der Waals surface area (Å²) in [6.45, 7) is 2.12. The summed E-state index contributed by atoms with van der Waals surface area (Å²) in [5.41, 5.74) is 0. The van der Waals surface area contributed by atoms with Gasteiger partial charge in [0.15, 0.2) is 37.7 Å². The minimum Gasteiger partial charge on any atom is -0.394 e. The number of nitrogens with zero attached hydrogens (tertiary/aromatic N) is 2. The van der Waals surface area contributed by atoms with E-state index in [1.54, 1.807) is 13.8 Å². The maximum Gasteiger partial charge on any atom is 0.234 e. The molecule has 0 aromatic carbocycles. The number of rotatable bonds is 54. The minimum absolute atomic E-state index is 0.0211. The number of unbranched alkanes of at least 4 members (excludes halogenated alkanes) is 4. The Labute approximate surface area is 739 Å². The van der Waals surface area contributed by atoms with Gasteiger partial charge in [0, 0.05) is 58.0 Å². The molecule has 29 N–H and O–H groups in total. The van der Waals surface area contributed by atoms with Crippen LogP contribution in [0.1, 0.15) is 98.8 Å². The molecule has 6 fully saturated rings. The van der Waals surface area contributed by atoms with Crippen molar-refractivity contribution in [2.45, 2.75) is 289 Å². The molecule has 0 aromatic rings. The number of ether oxygens (including phenoxy) is 12. The third-order valence-corrected chi connectivity index (χ3v) is 21.7. The summed E-state index contributed by atoms with van der Waals surface area (Å²) < 4.78 is 66.2. The van der Waals surface area contributed by atoms with E-state index < -0.39 is 310 Å². The zero-order valence-corrected chi connectivity index (χ0v) is 72.6. The summed E-state index contributed by atoms with van der Waals surface area (Å²) in [5, 5.41) is 233. The second-order valence-electron chi connectivity index (χ2n) is 32.0. The van der Waals surface area contributed by atoms with Crippen LogP contribution in [-0.2, 0) is 95.2 Å². The Morgan fingerprint density at radius 1 is 0.289 bits per heavy atom. The maximum absolute atomic E-state index is 13.6. The predicted molar refractivity (Wildman–Crippen MR) is 431 cm³/mol. The second-order valence-corrected chi connectivity index (χ2v) is 32.0. The van der Waals surface area contributed by atoms with E-state index in [1.807, 2.05) is 13.8 Å². The fourth-order valence-electron chi connectivity index (χ4n) is 14.1. The second kappa shape index (κ2) is 59.2. The first kappa shape index (κ1) is 113. The molecule has 0 bridgehead atoms. The van der Waals surface area contributed by atoms with Crippen LogP contribution < -0.4 is 42.5 Å². The molecule has 6 aliphatic heterocycles. The van der Waals surface area contributed by atoms with Crippen LogP contribution >= 0.6 is 0 Å².